The van der Waals surface area contributed by atoms with Gasteiger partial charge in [-0.1, -0.05) is 43.6 Å². The number of ether oxygens (including phenoxy) is 4. The molecule has 0 saturated heterocycles. The summed E-state index contributed by atoms with van der Waals surface area (Å²) in [6.07, 6.45) is 0.935. The van der Waals surface area contributed by atoms with E-state index in [1.807, 2.05) is 24.3 Å². The molecule has 1 atom stereocenters. The van der Waals surface area contributed by atoms with Gasteiger partial charge in [-0.15, -0.1) is 0 Å². The molecule has 1 unspecified atom stereocenters. The third kappa shape index (κ3) is 5.82. The van der Waals surface area contributed by atoms with E-state index in [2.05, 4.69) is 19.9 Å². The van der Waals surface area contributed by atoms with Crippen molar-refractivity contribution in [2.45, 2.75) is 26.2 Å². The van der Waals surface area contributed by atoms with Crippen LogP contribution in [0.3, 0.4) is 0 Å². The van der Waals surface area contributed by atoms with Crippen LogP contribution in [0.2, 0.25) is 5.02 Å². The number of halogens is 1. The van der Waals surface area contributed by atoms with Crippen molar-refractivity contribution in [2.24, 2.45) is 11.7 Å². The Hall–Kier alpha value is -4.15. The van der Waals surface area contributed by atoms with Gasteiger partial charge in [0.2, 0.25) is 5.88 Å². The van der Waals surface area contributed by atoms with E-state index in [1.54, 1.807) is 30.3 Å². The van der Waals surface area contributed by atoms with E-state index in [0.29, 0.717) is 40.4 Å². The highest BCUT2D eigenvalue weighted by Gasteiger charge is 2.31. The van der Waals surface area contributed by atoms with Crippen LogP contribution in [0.25, 0.3) is 0 Å². The van der Waals surface area contributed by atoms with E-state index in [4.69, 9.17) is 36.3 Å². The topological polar surface area (TPSA) is 104 Å². The predicted octanol–water partition coefficient (Wildman–Crippen LogP) is 6.21. The van der Waals surface area contributed by atoms with Crippen molar-refractivity contribution in [1.29, 1.82) is 5.26 Å². The second-order valence-corrected chi connectivity index (χ2v) is 9.37. The van der Waals surface area contributed by atoms with Crippen LogP contribution in [-0.2, 0) is 0 Å². The van der Waals surface area contributed by atoms with Crippen molar-refractivity contribution < 1.29 is 23.7 Å². The summed E-state index contributed by atoms with van der Waals surface area (Å²) in [5.41, 5.74) is 8.26. The Kier molecular flexibility index (Phi) is 7.90. The number of allylic oxidation sites excluding steroid dienone is 1. The van der Waals surface area contributed by atoms with Crippen LogP contribution in [0.15, 0.2) is 72.1 Å². The summed E-state index contributed by atoms with van der Waals surface area (Å²) in [7, 11) is 1.49. The highest BCUT2D eigenvalue weighted by Crippen LogP contribution is 2.44. The first-order chi connectivity index (χ1) is 17.8. The van der Waals surface area contributed by atoms with Crippen LogP contribution in [0.5, 0.6) is 23.0 Å². The summed E-state index contributed by atoms with van der Waals surface area (Å²) < 4.78 is 22.4. The lowest BCUT2D eigenvalue weighted by atomic mass is 9.83. The molecule has 0 saturated carbocycles. The Morgan fingerprint density at radius 3 is 2.65 bits per heavy atom. The van der Waals surface area contributed by atoms with Crippen LogP contribution in [0.4, 0.5) is 0 Å². The summed E-state index contributed by atoms with van der Waals surface area (Å²) in [6, 6.07) is 19.4. The highest BCUT2D eigenvalue weighted by atomic mass is 35.5. The van der Waals surface area contributed by atoms with Crippen molar-refractivity contribution in [2.75, 3.05) is 13.7 Å². The number of nitrogens with two attached hydrogens (primary N) is 1. The SMILES string of the molecule is COc1ccc(C(=O)Oc2ccc3c(c2)OC(N)=C(C#N)C3c2cccc(OCCC(C)C)c2)cc1Cl. The summed E-state index contributed by atoms with van der Waals surface area (Å²) in [4.78, 5) is 12.7. The second-order valence-electron chi connectivity index (χ2n) is 8.97. The molecule has 0 spiro atoms. The number of hydrogen-bond donors (Lipinski definition) is 1. The molecule has 7 nitrogen and oxygen atoms in total. The standard InChI is InChI=1S/C29H27ClN2O5/c1-17(2)11-12-35-20-6-4-5-18(13-20)27-22-9-8-21(15-26(22)37-28(32)23(27)16-31)36-29(33)19-7-10-25(34-3)24(30)14-19/h4-10,13-15,17,27H,11-12,32H2,1-3H3. The molecule has 0 bridgehead atoms. The number of carbonyl (C=O) groups is 1. The number of benzene rings is 3. The van der Waals surface area contributed by atoms with E-state index in [1.165, 1.54) is 13.2 Å². The van der Waals surface area contributed by atoms with Crippen LogP contribution in [0, 0.1) is 17.2 Å². The van der Waals surface area contributed by atoms with Gasteiger partial charge in [0.15, 0.2) is 0 Å². The lowest BCUT2D eigenvalue weighted by Gasteiger charge is -2.27. The predicted molar refractivity (Wildman–Crippen MR) is 140 cm³/mol. The molecule has 0 radical (unpaired) electrons. The Morgan fingerprint density at radius 2 is 1.95 bits per heavy atom. The molecule has 0 amide bonds. The van der Waals surface area contributed by atoms with Crippen molar-refractivity contribution in [3.63, 3.8) is 0 Å². The molecule has 0 aliphatic carbocycles. The van der Waals surface area contributed by atoms with Crippen molar-refractivity contribution in [3.05, 3.63) is 93.8 Å². The monoisotopic (exact) mass is 518 g/mol. The minimum atomic E-state index is -0.593. The van der Waals surface area contributed by atoms with Gasteiger partial charge in [0, 0.05) is 11.6 Å². The van der Waals surface area contributed by atoms with Crippen molar-refractivity contribution >= 4 is 17.6 Å². The zero-order valence-corrected chi connectivity index (χ0v) is 21.5. The Morgan fingerprint density at radius 1 is 1.14 bits per heavy atom. The summed E-state index contributed by atoms with van der Waals surface area (Å²) >= 11 is 6.13. The summed E-state index contributed by atoms with van der Waals surface area (Å²) in [5, 5.41) is 10.2. The molecule has 8 heteroatoms. The number of rotatable bonds is 8. The average molecular weight is 519 g/mol. The third-order valence-corrected chi connectivity index (χ3v) is 6.24. The number of methoxy groups -OCH3 is 1. The smallest absolute Gasteiger partial charge is 0.343 e. The van der Waals surface area contributed by atoms with Gasteiger partial charge in [0.25, 0.3) is 0 Å². The number of nitriles is 1. The van der Waals surface area contributed by atoms with Crippen LogP contribution >= 0.6 is 11.6 Å². The van der Waals surface area contributed by atoms with Gasteiger partial charge < -0.3 is 24.7 Å². The molecule has 3 aromatic carbocycles. The molecule has 1 heterocycles. The molecule has 1 aliphatic rings. The minimum absolute atomic E-state index is 0.00320. The first-order valence-electron chi connectivity index (χ1n) is 11.8. The molecule has 190 valence electrons. The first kappa shape index (κ1) is 25.9. The third-order valence-electron chi connectivity index (χ3n) is 5.94. The van der Waals surface area contributed by atoms with Gasteiger partial charge in [-0.05, 0) is 54.3 Å². The number of carbonyl (C=O) groups excluding carboxylic acids is 1. The number of fused-ring (bicyclic) bond motifs is 1. The van der Waals surface area contributed by atoms with E-state index >= 15 is 0 Å². The number of esters is 1. The fourth-order valence-corrected chi connectivity index (χ4v) is 4.26. The zero-order chi connectivity index (χ0) is 26.5. The lowest BCUT2D eigenvalue weighted by molar-refractivity contribution is 0.0734. The maximum atomic E-state index is 12.7. The average Bonchev–Trinajstić information content (AvgIpc) is 2.87. The fourth-order valence-electron chi connectivity index (χ4n) is 4.00. The summed E-state index contributed by atoms with van der Waals surface area (Å²) in [6.45, 7) is 4.88. The van der Waals surface area contributed by atoms with Gasteiger partial charge >= 0.3 is 5.97 Å². The van der Waals surface area contributed by atoms with Gasteiger partial charge in [-0.25, -0.2) is 4.79 Å². The Labute approximate surface area is 221 Å². The lowest BCUT2D eigenvalue weighted by Crippen LogP contribution is -2.21. The van der Waals surface area contributed by atoms with Crippen molar-refractivity contribution in [1.82, 2.24) is 0 Å². The van der Waals surface area contributed by atoms with Crippen LogP contribution in [0.1, 0.15) is 47.7 Å². The van der Waals surface area contributed by atoms with Gasteiger partial charge in [0.1, 0.15) is 34.6 Å². The zero-order valence-electron chi connectivity index (χ0n) is 20.8. The second kappa shape index (κ2) is 11.3. The fraction of sp³-hybridized carbons (Fsp3) is 0.241. The molecule has 0 fully saturated rings. The van der Waals surface area contributed by atoms with Gasteiger partial charge in [-0.3, -0.25) is 0 Å². The quantitative estimate of drug-likeness (QED) is 0.279. The van der Waals surface area contributed by atoms with E-state index in [0.717, 1.165) is 17.5 Å². The van der Waals surface area contributed by atoms with Gasteiger partial charge in [0.05, 0.1) is 30.2 Å². The molecule has 3 aromatic rings. The molecular weight excluding hydrogens is 492 g/mol. The number of hydrogen-bond acceptors (Lipinski definition) is 7. The summed E-state index contributed by atoms with van der Waals surface area (Å²) in [5.74, 6) is 1.29. The molecule has 4 rings (SSSR count). The van der Waals surface area contributed by atoms with E-state index < -0.39 is 11.9 Å². The van der Waals surface area contributed by atoms with Crippen molar-refractivity contribution in [3.8, 4) is 29.1 Å². The van der Waals surface area contributed by atoms with Crippen LogP contribution in [-0.4, -0.2) is 19.7 Å². The number of nitrogens with zero attached hydrogens (tertiary/aromatic N) is 1. The van der Waals surface area contributed by atoms with Gasteiger partial charge in [-0.2, -0.15) is 5.26 Å². The first-order valence-corrected chi connectivity index (χ1v) is 12.2. The Bertz CT molecular complexity index is 1390. The highest BCUT2D eigenvalue weighted by molar-refractivity contribution is 6.32. The Balaban J connectivity index is 1.61. The maximum absolute atomic E-state index is 12.7. The molecule has 1 aliphatic heterocycles. The van der Waals surface area contributed by atoms with E-state index in [-0.39, 0.29) is 17.2 Å². The maximum Gasteiger partial charge on any atom is 0.343 e. The largest absolute Gasteiger partial charge is 0.495 e. The van der Waals surface area contributed by atoms with E-state index in [9.17, 15) is 10.1 Å². The molecule has 0 aromatic heterocycles. The van der Waals surface area contributed by atoms with Crippen LogP contribution < -0.4 is 24.7 Å². The molecule has 37 heavy (non-hydrogen) atoms. The normalized spacial score (nSPS) is 14.4. The molecule has 2 N–H and O–H groups in total. The molecular formula is C29H27ClN2O5. The minimum Gasteiger partial charge on any atom is -0.495 e.